The van der Waals surface area contributed by atoms with Gasteiger partial charge in [0.2, 0.25) is 0 Å². The zero-order chi connectivity index (χ0) is 23.4. The summed E-state index contributed by atoms with van der Waals surface area (Å²) in [4.78, 5) is 25.2. The van der Waals surface area contributed by atoms with E-state index in [9.17, 15) is 4.79 Å². The first-order chi connectivity index (χ1) is 16.0. The number of nitrogens with one attached hydrogen (secondary N) is 2. The molecule has 3 heterocycles. The van der Waals surface area contributed by atoms with E-state index in [1.165, 1.54) is 13.1 Å². The topological polar surface area (TPSA) is 116 Å². The first-order valence-electron chi connectivity index (χ1n) is 10.1. The molecule has 10 nitrogen and oxygen atoms in total. The Bertz CT molecular complexity index is 1300. The average Bonchev–Trinajstić information content (AvgIpc) is 3.25. The van der Waals surface area contributed by atoms with Crippen molar-refractivity contribution in [1.29, 1.82) is 0 Å². The molecule has 0 aliphatic rings. The molecular weight excluding hydrogens is 422 g/mol. The summed E-state index contributed by atoms with van der Waals surface area (Å²) >= 11 is 0. The molecule has 0 aliphatic heterocycles. The van der Waals surface area contributed by atoms with Gasteiger partial charge in [0.25, 0.3) is 0 Å². The summed E-state index contributed by atoms with van der Waals surface area (Å²) in [5.41, 5.74) is 2.37. The highest BCUT2D eigenvalue weighted by Gasteiger charge is 2.17. The van der Waals surface area contributed by atoms with Gasteiger partial charge in [0.05, 0.1) is 36.7 Å². The first kappa shape index (κ1) is 21.8. The lowest BCUT2D eigenvalue weighted by molar-refractivity contribution is 0.101. The Kier molecular flexibility index (Phi) is 6.16. The maximum absolute atomic E-state index is 12.3. The van der Waals surface area contributed by atoms with Crippen LogP contribution < -0.4 is 20.1 Å². The van der Waals surface area contributed by atoms with Crippen molar-refractivity contribution in [2.75, 3.05) is 24.9 Å². The predicted molar refractivity (Wildman–Crippen MR) is 125 cm³/mol. The molecule has 2 N–H and O–H groups in total. The Hall–Kier alpha value is -4.47. The molecule has 0 atom stereocenters. The van der Waals surface area contributed by atoms with Crippen molar-refractivity contribution in [2.24, 2.45) is 7.05 Å². The molecule has 0 aliphatic carbocycles. The SMILES string of the molecule is COc1ccnc(Nc2cc(Nc3cccc(-c4ncn(C)n4)c3OC)c(C(C)=O)cn2)c1. The second-order valence-electron chi connectivity index (χ2n) is 7.13. The van der Waals surface area contributed by atoms with Crippen LogP contribution >= 0.6 is 0 Å². The quantitative estimate of drug-likeness (QED) is 0.388. The minimum absolute atomic E-state index is 0.127. The number of pyridine rings is 2. The van der Waals surface area contributed by atoms with Crippen LogP contribution in [-0.2, 0) is 7.05 Å². The van der Waals surface area contributed by atoms with Crippen molar-refractivity contribution in [3.63, 3.8) is 0 Å². The van der Waals surface area contributed by atoms with Gasteiger partial charge >= 0.3 is 0 Å². The van der Waals surface area contributed by atoms with Gasteiger partial charge in [-0.3, -0.25) is 9.48 Å². The highest BCUT2D eigenvalue weighted by atomic mass is 16.5. The fourth-order valence-corrected chi connectivity index (χ4v) is 3.28. The van der Waals surface area contributed by atoms with Crippen molar-refractivity contribution >= 4 is 28.8 Å². The number of nitrogens with zero attached hydrogens (tertiary/aromatic N) is 5. The lowest BCUT2D eigenvalue weighted by Crippen LogP contribution is -2.05. The maximum Gasteiger partial charge on any atom is 0.184 e. The van der Waals surface area contributed by atoms with Crippen LogP contribution in [-0.4, -0.2) is 44.7 Å². The molecule has 3 aromatic heterocycles. The number of hydrogen-bond acceptors (Lipinski definition) is 9. The molecule has 4 aromatic rings. The van der Waals surface area contributed by atoms with Gasteiger partial charge in [0.1, 0.15) is 23.7 Å². The molecule has 33 heavy (non-hydrogen) atoms. The summed E-state index contributed by atoms with van der Waals surface area (Å²) in [6, 6.07) is 10.8. The molecule has 0 spiro atoms. The number of rotatable bonds is 8. The number of ketones is 1. The number of aromatic nitrogens is 5. The van der Waals surface area contributed by atoms with E-state index < -0.39 is 0 Å². The van der Waals surface area contributed by atoms with Gasteiger partial charge < -0.3 is 20.1 Å². The largest absolute Gasteiger partial charge is 0.497 e. The number of methoxy groups -OCH3 is 2. The molecule has 0 saturated carbocycles. The van der Waals surface area contributed by atoms with Gasteiger partial charge in [-0.2, -0.15) is 5.10 Å². The third-order valence-electron chi connectivity index (χ3n) is 4.84. The Morgan fingerprint density at radius 2 is 1.79 bits per heavy atom. The zero-order valence-corrected chi connectivity index (χ0v) is 18.7. The van der Waals surface area contributed by atoms with Crippen LogP contribution in [0.1, 0.15) is 17.3 Å². The van der Waals surface area contributed by atoms with E-state index in [0.717, 1.165) is 5.56 Å². The van der Waals surface area contributed by atoms with Crippen LogP contribution in [0.2, 0.25) is 0 Å². The third kappa shape index (κ3) is 4.74. The smallest absolute Gasteiger partial charge is 0.184 e. The second kappa shape index (κ2) is 9.35. The first-order valence-corrected chi connectivity index (χ1v) is 10.1. The fourth-order valence-electron chi connectivity index (χ4n) is 3.28. The number of hydrogen-bond donors (Lipinski definition) is 2. The normalized spacial score (nSPS) is 10.5. The number of aryl methyl sites for hydroxylation is 1. The molecule has 4 rings (SSSR count). The summed E-state index contributed by atoms with van der Waals surface area (Å²) in [6.07, 6.45) is 4.77. The van der Waals surface area contributed by atoms with Crippen LogP contribution in [0.3, 0.4) is 0 Å². The summed E-state index contributed by atoms with van der Waals surface area (Å²) < 4.78 is 12.5. The molecular formula is C23H23N7O3. The fraction of sp³-hybridized carbons (Fsp3) is 0.174. The number of Topliss-reactive ketones (excluding diaryl/α,β-unsaturated/α-hetero) is 1. The molecule has 0 amide bonds. The molecule has 0 saturated heterocycles. The average molecular weight is 445 g/mol. The Morgan fingerprint density at radius 1 is 0.970 bits per heavy atom. The van der Waals surface area contributed by atoms with Crippen LogP contribution in [0, 0.1) is 0 Å². The minimum atomic E-state index is -0.127. The van der Waals surface area contributed by atoms with E-state index in [1.54, 1.807) is 56.7 Å². The lowest BCUT2D eigenvalue weighted by atomic mass is 10.1. The Morgan fingerprint density at radius 3 is 2.48 bits per heavy atom. The minimum Gasteiger partial charge on any atom is -0.497 e. The van der Waals surface area contributed by atoms with Crippen molar-refractivity contribution in [2.45, 2.75) is 6.92 Å². The molecule has 168 valence electrons. The molecule has 0 unspecified atom stereocenters. The number of benzene rings is 1. The van der Waals surface area contributed by atoms with Crippen molar-refractivity contribution in [3.05, 3.63) is 60.7 Å². The molecule has 0 radical (unpaired) electrons. The standard InChI is InChI=1S/C23H23N7O3/c1-14(31)17-12-25-21(28-20-10-15(32-3)8-9-24-20)11-19(17)27-18-7-5-6-16(22(18)33-4)23-26-13-30(2)29-23/h5-13H,1-4H3,(H2,24,25,27,28). The molecule has 0 fully saturated rings. The summed E-state index contributed by atoms with van der Waals surface area (Å²) in [5, 5.41) is 10.8. The van der Waals surface area contributed by atoms with Gasteiger partial charge in [0.15, 0.2) is 17.4 Å². The molecule has 0 bridgehead atoms. The van der Waals surface area contributed by atoms with Gasteiger partial charge in [0, 0.05) is 31.6 Å². The van der Waals surface area contributed by atoms with E-state index in [-0.39, 0.29) is 5.78 Å². The summed E-state index contributed by atoms with van der Waals surface area (Å²) in [7, 11) is 4.96. The highest BCUT2D eigenvalue weighted by Crippen LogP contribution is 2.37. The van der Waals surface area contributed by atoms with Gasteiger partial charge in [-0.05, 0) is 25.1 Å². The summed E-state index contributed by atoms with van der Waals surface area (Å²) in [6.45, 7) is 1.49. The summed E-state index contributed by atoms with van der Waals surface area (Å²) in [5.74, 6) is 2.69. The van der Waals surface area contributed by atoms with Crippen LogP contribution in [0.15, 0.2) is 55.1 Å². The maximum atomic E-state index is 12.3. The monoisotopic (exact) mass is 445 g/mol. The molecule has 1 aromatic carbocycles. The third-order valence-corrected chi connectivity index (χ3v) is 4.84. The van der Waals surface area contributed by atoms with Crippen LogP contribution in [0.25, 0.3) is 11.4 Å². The second-order valence-corrected chi connectivity index (χ2v) is 7.13. The Labute approximate surface area is 190 Å². The van der Waals surface area contributed by atoms with E-state index >= 15 is 0 Å². The van der Waals surface area contributed by atoms with E-state index in [2.05, 4.69) is 30.7 Å². The number of carbonyl (C=O) groups excluding carboxylic acids is 1. The van der Waals surface area contributed by atoms with Crippen LogP contribution in [0.5, 0.6) is 11.5 Å². The van der Waals surface area contributed by atoms with Crippen molar-refractivity contribution < 1.29 is 14.3 Å². The molecule has 10 heteroatoms. The number of carbonyl (C=O) groups is 1. The van der Waals surface area contributed by atoms with E-state index in [4.69, 9.17) is 9.47 Å². The highest BCUT2D eigenvalue weighted by molar-refractivity contribution is 6.00. The van der Waals surface area contributed by atoms with Gasteiger partial charge in [-0.1, -0.05) is 6.07 Å². The number of para-hydroxylation sites is 1. The van der Waals surface area contributed by atoms with Crippen LogP contribution in [0.4, 0.5) is 23.0 Å². The van der Waals surface area contributed by atoms with E-state index in [0.29, 0.717) is 45.9 Å². The number of ether oxygens (including phenoxy) is 2. The number of anilines is 4. The van der Waals surface area contributed by atoms with Gasteiger partial charge in [-0.25, -0.2) is 15.0 Å². The van der Waals surface area contributed by atoms with Crippen molar-refractivity contribution in [1.82, 2.24) is 24.7 Å². The lowest BCUT2D eigenvalue weighted by Gasteiger charge is -2.16. The van der Waals surface area contributed by atoms with Gasteiger partial charge in [-0.15, -0.1) is 0 Å². The van der Waals surface area contributed by atoms with E-state index in [1.807, 2.05) is 18.2 Å². The predicted octanol–water partition coefficient (Wildman–Crippen LogP) is 3.98. The Balaban J connectivity index is 1.71. The zero-order valence-electron chi connectivity index (χ0n) is 18.7. The van der Waals surface area contributed by atoms with Crippen molar-refractivity contribution in [3.8, 4) is 22.9 Å².